The highest BCUT2D eigenvalue weighted by Gasteiger charge is 2.24. The van der Waals surface area contributed by atoms with Crippen molar-refractivity contribution < 1.29 is 9.53 Å². The Balaban J connectivity index is 1.47. The van der Waals surface area contributed by atoms with Crippen molar-refractivity contribution in [1.82, 2.24) is 25.6 Å². The number of nitrogens with one attached hydrogen (secondary N) is 4. The van der Waals surface area contributed by atoms with E-state index in [1.807, 2.05) is 48.5 Å². The normalized spacial score (nSPS) is 14.8. The van der Waals surface area contributed by atoms with Gasteiger partial charge in [-0.15, -0.1) is 0 Å². The molecule has 1 atom stereocenters. The molecule has 1 unspecified atom stereocenters. The SMILES string of the molecule is CC(=O)NCCNc1nc(-c2ccccc2)nc2[nH]c(C(CCc3ccccc3Cl)OC3CCNCC3)cc12. The van der Waals surface area contributed by atoms with Crippen molar-refractivity contribution in [2.24, 2.45) is 0 Å². The number of H-pyrrole nitrogens is 1. The average Bonchev–Trinajstić information content (AvgIpc) is 3.39. The number of aryl methyl sites for hydroxylation is 1. The van der Waals surface area contributed by atoms with E-state index >= 15 is 0 Å². The molecule has 8 nitrogen and oxygen atoms in total. The molecule has 9 heteroatoms. The molecular formula is C30H35ClN6O2. The van der Waals surface area contributed by atoms with Gasteiger partial charge in [-0.3, -0.25) is 4.79 Å². The number of hydrogen-bond acceptors (Lipinski definition) is 6. The lowest BCUT2D eigenvalue weighted by Crippen LogP contribution is -2.33. The van der Waals surface area contributed by atoms with Gasteiger partial charge in [0.1, 0.15) is 11.5 Å². The lowest BCUT2D eigenvalue weighted by molar-refractivity contribution is -0.118. The summed E-state index contributed by atoms with van der Waals surface area (Å²) in [6, 6.07) is 20.0. The molecule has 4 aromatic rings. The first-order valence-electron chi connectivity index (χ1n) is 13.6. The lowest BCUT2D eigenvalue weighted by Gasteiger charge is -2.28. The second-order valence-corrected chi connectivity index (χ2v) is 10.3. The predicted octanol–water partition coefficient (Wildman–Crippen LogP) is 5.27. The molecule has 0 saturated carbocycles. The van der Waals surface area contributed by atoms with Crippen LogP contribution in [0.3, 0.4) is 0 Å². The summed E-state index contributed by atoms with van der Waals surface area (Å²) >= 11 is 6.48. The molecule has 0 spiro atoms. The number of aromatic amines is 1. The quantitative estimate of drug-likeness (QED) is 0.191. The Morgan fingerprint density at radius 3 is 2.62 bits per heavy atom. The topological polar surface area (TPSA) is 104 Å². The smallest absolute Gasteiger partial charge is 0.216 e. The number of carbonyl (C=O) groups excluding carboxylic acids is 1. The Hall–Kier alpha value is -3.46. The molecule has 0 aliphatic carbocycles. The van der Waals surface area contributed by atoms with Gasteiger partial charge in [-0.25, -0.2) is 9.97 Å². The Morgan fingerprint density at radius 1 is 1.08 bits per heavy atom. The van der Waals surface area contributed by atoms with Crippen molar-refractivity contribution in [2.45, 2.75) is 44.8 Å². The van der Waals surface area contributed by atoms with Crippen LogP contribution in [0.4, 0.5) is 5.82 Å². The molecule has 0 bridgehead atoms. The number of carbonyl (C=O) groups is 1. The summed E-state index contributed by atoms with van der Waals surface area (Å²) in [6.45, 7) is 4.48. The average molecular weight is 547 g/mol. The van der Waals surface area contributed by atoms with Crippen LogP contribution < -0.4 is 16.0 Å². The zero-order valence-corrected chi connectivity index (χ0v) is 22.9. The number of fused-ring (bicyclic) bond motifs is 1. The van der Waals surface area contributed by atoms with E-state index < -0.39 is 0 Å². The molecule has 1 amide bonds. The predicted molar refractivity (Wildman–Crippen MR) is 156 cm³/mol. The van der Waals surface area contributed by atoms with Crippen LogP contribution in [0.2, 0.25) is 5.02 Å². The summed E-state index contributed by atoms with van der Waals surface area (Å²) in [5, 5.41) is 11.3. The molecule has 1 aliphatic rings. The van der Waals surface area contributed by atoms with E-state index in [2.05, 4.69) is 33.1 Å². The largest absolute Gasteiger partial charge is 0.369 e. The number of rotatable bonds is 11. The van der Waals surface area contributed by atoms with Crippen molar-refractivity contribution in [3.05, 3.63) is 76.9 Å². The van der Waals surface area contributed by atoms with Crippen LogP contribution in [-0.4, -0.2) is 53.1 Å². The molecular weight excluding hydrogens is 512 g/mol. The van der Waals surface area contributed by atoms with Crippen LogP contribution in [-0.2, 0) is 16.0 Å². The van der Waals surface area contributed by atoms with E-state index in [4.69, 9.17) is 26.3 Å². The van der Waals surface area contributed by atoms with Crippen molar-refractivity contribution in [2.75, 3.05) is 31.5 Å². The van der Waals surface area contributed by atoms with Gasteiger partial charge in [0.05, 0.1) is 17.6 Å². The van der Waals surface area contributed by atoms with E-state index in [1.165, 1.54) is 6.92 Å². The van der Waals surface area contributed by atoms with Crippen LogP contribution in [0.1, 0.15) is 43.5 Å². The van der Waals surface area contributed by atoms with E-state index in [9.17, 15) is 4.79 Å². The Morgan fingerprint density at radius 2 is 1.85 bits per heavy atom. The number of anilines is 1. The standard InChI is InChI=1S/C30H35ClN6O2/c1-20(38)33-17-18-34-29-24-19-26(35-30(24)37-28(36-29)22-8-3-2-4-9-22)27(39-23-13-15-32-16-14-23)12-11-21-7-5-6-10-25(21)31/h2-10,19,23,27,32H,11-18H2,1H3,(H,33,38)(H2,34,35,36,37). The van der Waals surface area contributed by atoms with Gasteiger partial charge in [0, 0.05) is 36.3 Å². The minimum absolute atomic E-state index is 0.0602. The van der Waals surface area contributed by atoms with Gasteiger partial charge in [-0.1, -0.05) is 60.1 Å². The first kappa shape index (κ1) is 27.1. The maximum absolute atomic E-state index is 11.3. The summed E-state index contributed by atoms with van der Waals surface area (Å²) in [5.74, 6) is 1.29. The molecule has 204 valence electrons. The Labute approximate surface area is 233 Å². The van der Waals surface area contributed by atoms with Crippen molar-refractivity contribution in [3.63, 3.8) is 0 Å². The van der Waals surface area contributed by atoms with Gasteiger partial charge in [-0.05, 0) is 56.5 Å². The molecule has 3 heterocycles. The molecule has 39 heavy (non-hydrogen) atoms. The Bertz CT molecular complexity index is 1390. The van der Waals surface area contributed by atoms with Gasteiger partial charge >= 0.3 is 0 Å². The Kier molecular flexibility index (Phi) is 9.08. The van der Waals surface area contributed by atoms with Crippen molar-refractivity contribution >= 4 is 34.4 Å². The molecule has 0 radical (unpaired) electrons. The molecule has 1 aliphatic heterocycles. The second-order valence-electron chi connectivity index (χ2n) is 9.86. The van der Waals surface area contributed by atoms with E-state index in [0.29, 0.717) is 18.9 Å². The number of amides is 1. The maximum atomic E-state index is 11.3. The van der Waals surface area contributed by atoms with Crippen molar-refractivity contribution in [1.29, 1.82) is 0 Å². The molecule has 4 N–H and O–H groups in total. The highest BCUT2D eigenvalue weighted by molar-refractivity contribution is 6.31. The fourth-order valence-electron chi connectivity index (χ4n) is 4.92. The van der Waals surface area contributed by atoms with Gasteiger partial charge in [0.25, 0.3) is 0 Å². The molecule has 2 aromatic carbocycles. The number of piperidine rings is 1. The van der Waals surface area contributed by atoms with Gasteiger partial charge in [-0.2, -0.15) is 0 Å². The van der Waals surface area contributed by atoms with Gasteiger partial charge in [0.15, 0.2) is 5.82 Å². The van der Waals surface area contributed by atoms with Crippen LogP contribution in [0.25, 0.3) is 22.4 Å². The minimum atomic E-state index is -0.147. The zero-order chi connectivity index (χ0) is 27.0. The maximum Gasteiger partial charge on any atom is 0.216 e. The number of halogens is 1. The highest BCUT2D eigenvalue weighted by atomic mass is 35.5. The van der Waals surface area contributed by atoms with Gasteiger partial charge in [0.2, 0.25) is 5.91 Å². The number of ether oxygens (including phenoxy) is 1. The second kappa shape index (κ2) is 13.1. The minimum Gasteiger partial charge on any atom is -0.369 e. The van der Waals surface area contributed by atoms with Gasteiger partial charge < -0.3 is 25.7 Å². The van der Waals surface area contributed by atoms with E-state index in [-0.39, 0.29) is 18.1 Å². The monoisotopic (exact) mass is 546 g/mol. The van der Waals surface area contributed by atoms with Crippen molar-refractivity contribution in [3.8, 4) is 11.4 Å². The summed E-state index contributed by atoms with van der Waals surface area (Å²) in [4.78, 5) is 24.6. The zero-order valence-electron chi connectivity index (χ0n) is 22.2. The molecule has 2 aromatic heterocycles. The summed E-state index contributed by atoms with van der Waals surface area (Å²) in [7, 11) is 0. The van der Waals surface area contributed by atoms with E-state index in [1.54, 1.807) is 0 Å². The van der Waals surface area contributed by atoms with Crippen LogP contribution in [0, 0.1) is 0 Å². The highest BCUT2D eigenvalue weighted by Crippen LogP contribution is 2.33. The fraction of sp³-hybridized carbons (Fsp3) is 0.367. The van der Waals surface area contributed by atoms with Crippen LogP contribution in [0.5, 0.6) is 0 Å². The third kappa shape index (κ3) is 7.15. The number of nitrogens with zero attached hydrogens (tertiary/aromatic N) is 2. The fourth-order valence-corrected chi connectivity index (χ4v) is 5.15. The lowest BCUT2D eigenvalue weighted by atomic mass is 10.0. The van der Waals surface area contributed by atoms with E-state index in [0.717, 1.165) is 77.5 Å². The molecule has 1 fully saturated rings. The van der Waals surface area contributed by atoms with Crippen LogP contribution >= 0.6 is 11.6 Å². The third-order valence-corrected chi connectivity index (χ3v) is 7.32. The summed E-state index contributed by atoms with van der Waals surface area (Å²) < 4.78 is 6.72. The first-order chi connectivity index (χ1) is 19.1. The number of aromatic nitrogens is 3. The number of benzene rings is 2. The number of hydrogen-bond donors (Lipinski definition) is 4. The first-order valence-corrected chi connectivity index (χ1v) is 14.0. The van der Waals surface area contributed by atoms with Crippen LogP contribution in [0.15, 0.2) is 60.7 Å². The molecule has 1 saturated heterocycles. The summed E-state index contributed by atoms with van der Waals surface area (Å²) in [6.07, 6.45) is 3.59. The summed E-state index contributed by atoms with van der Waals surface area (Å²) in [5.41, 5.74) is 3.76. The third-order valence-electron chi connectivity index (χ3n) is 6.96. The molecule has 5 rings (SSSR count).